The van der Waals surface area contributed by atoms with Crippen LogP contribution < -0.4 is 0 Å². The summed E-state index contributed by atoms with van der Waals surface area (Å²) in [6, 6.07) is 0. The molecule has 16 heteroatoms. The SMILES string of the molecule is N#CN1C[C@@H](CI)[C@@H](CC(F)(F)C(F)(F)C(F)(F)C(F)(F)C(F)(F)C(F)(F)F)C1. The third kappa shape index (κ3) is 4.03. The van der Waals surface area contributed by atoms with Crippen molar-refractivity contribution in [2.45, 2.75) is 42.2 Å². The van der Waals surface area contributed by atoms with Crippen molar-refractivity contribution >= 4 is 22.6 Å². The van der Waals surface area contributed by atoms with E-state index in [2.05, 4.69) is 0 Å². The lowest BCUT2D eigenvalue weighted by Gasteiger charge is -2.40. The largest absolute Gasteiger partial charge is 0.460 e. The summed E-state index contributed by atoms with van der Waals surface area (Å²) >= 11 is 1.59. The van der Waals surface area contributed by atoms with Crippen LogP contribution in [0.3, 0.4) is 0 Å². The first-order valence-electron chi connectivity index (χ1n) is 7.37. The zero-order chi connectivity index (χ0) is 23.3. The second-order valence-electron chi connectivity index (χ2n) is 6.38. The minimum absolute atomic E-state index is 0.0407. The molecule has 170 valence electrons. The van der Waals surface area contributed by atoms with Gasteiger partial charge in [-0.25, -0.2) is 0 Å². The number of rotatable bonds is 7. The first-order valence-corrected chi connectivity index (χ1v) is 8.90. The van der Waals surface area contributed by atoms with E-state index in [0.29, 0.717) is 0 Å². The van der Waals surface area contributed by atoms with Gasteiger partial charge in [0.2, 0.25) is 0 Å². The standard InChI is InChI=1S/C13H10F13IN2/c14-8(15,1-6-3-29(5-28)4-7(6)2-27)9(16,17)10(18,19)11(20,21)12(22,23)13(24,25)26/h6-7H,1-4H2/t6-,7+/m0/s1. The minimum Gasteiger partial charge on any atom is -0.310 e. The summed E-state index contributed by atoms with van der Waals surface area (Å²) in [5.74, 6) is -39.3. The highest BCUT2D eigenvalue weighted by Crippen LogP contribution is 2.61. The topological polar surface area (TPSA) is 27.0 Å². The van der Waals surface area contributed by atoms with Gasteiger partial charge in [0, 0.05) is 23.9 Å². The summed E-state index contributed by atoms with van der Waals surface area (Å²) in [5, 5.41) is 8.69. The summed E-state index contributed by atoms with van der Waals surface area (Å²) < 4.78 is 170. The van der Waals surface area contributed by atoms with Crippen molar-refractivity contribution in [3.05, 3.63) is 0 Å². The molecule has 1 rings (SSSR count). The van der Waals surface area contributed by atoms with E-state index in [1.807, 2.05) is 0 Å². The van der Waals surface area contributed by atoms with Crippen molar-refractivity contribution in [1.29, 1.82) is 5.26 Å². The molecule has 0 aromatic heterocycles. The third-order valence-electron chi connectivity index (χ3n) is 4.43. The van der Waals surface area contributed by atoms with Crippen molar-refractivity contribution in [2.75, 3.05) is 17.5 Å². The van der Waals surface area contributed by atoms with E-state index in [9.17, 15) is 57.1 Å². The van der Waals surface area contributed by atoms with E-state index in [-0.39, 0.29) is 11.0 Å². The number of halogens is 14. The number of hydrogen-bond acceptors (Lipinski definition) is 2. The number of alkyl halides is 14. The average Bonchev–Trinajstić information content (AvgIpc) is 2.94. The lowest BCUT2D eigenvalue weighted by atomic mass is 9.85. The van der Waals surface area contributed by atoms with Gasteiger partial charge in [-0.2, -0.15) is 62.3 Å². The molecule has 0 aromatic carbocycles. The fourth-order valence-electron chi connectivity index (χ4n) is 2.69. The lowest BCUT2D eigenvalue weighted by Crippen LogP contribution is -2.70. The highest BCUT2D eigenvalue weighted by Gasteiger charge is 2.90. The summed E-state index contributed by atoms with van der Waals surface area (Å²) in [4.78, 5) is 0.798. The number of likely N-dealkylation sites (tertiary alicyclic amines) is 1. The zero-order valence-electron chi connectivity index (χ0n) is 13.7. The molecule has 1 saturated heterocycles. The molecular weight excluding hydrogens is 558 g/mol. The smallest absolute Gasteiger partial charge is 0.310 e. The lowest BCUT2D eigenvalue weighted by molar-refractivity contribution is -0.440. The minimum atomic E-state index is -7.89. The molecule has 2 nitrogen and oxygen atoms in total. The Labute approximate surface area is 168 Å². The Morgan fingerprint density at radius 3 is 1.52 bits per heavy atom. The van der Waals surface area contributed by atoms with Crippen molar-refractivity contribution < 1.29 is 57.1 Å². The normalized spacial score (nSPS) is 22.7. The Morgan fingerprint density at radius 1 is 0.724 bits per heavy atom. The van der Waals surface area contributed by atoms with Gasteiger partial charge >= 0.3 is 35.8 Å². The second-order valence-corrected chi connectivity index (χ2v) is 7.26. The Hall–Kier alpha value is -0.890. The van der Waals surface area contributed by atoms with Crippen LogP contribution >= 0.6 is 22.6 Å². The van der Waals surface area contributed by atoms with Crippen LogP contribution in [0.15, 0.2) is 0 Å². The van der Waals surface area contributed by atoms with Crippen LogP contribution in [0.1, 0.15) is 6.42 Å². The van der Waals surface area contributed by atoms with Gasteiger partial charge in [-0.05, 0) is 11.8 Å². The van der Waals surface area contributed by atoms with Crippen LogP contribution in [-0.4, -0.2) is 58.2 Å². The molecule has 1 aliphatic heterocycles. The highest BCUT2D eigenvalue weighted by molar-refractivity contribution is 14.1. The van der Waals surface area contributed by atoms with Crippen LogP contribution in [-0.2, 0) is 0 Å². The molecule has 0 spiro atoms. The second kappa shape index (κ2) is 7.66. The molecule has 1 aliphatic rings. The predicted octanol–water partition coefficient (Wildman–Crippen LogP) is 5.58. The molecule has 0 radical (unpaired) electrons. The molecule has 1 fully saturated rings. The monoisotopic (exact) mass is 568 g/mol. The van der Waals surface area contributed by atoms with E-state index in [1.165, 1.54) is 6.19 Å². The highest BCUT2D eigenvalue weighted by atomic mass is 127. The van der Waals surface area contributed by atoms with Crippen molar-refractivity contribution in [3.63, 3.8) is 0 Å². The van der Waals surface area contributed by atoms with Gasteiger partial charge in [-0.3, -0.25) is 0 Å². The molecule has 1 heterocycles. The van der Waals surface area contributed by atoms with Crippen molar-refractivity contribution in [2.24, 2.45) is 11.8 Å². The van der Waals surface area contributed by atoms with E-state index >= 15 is 0 Å². The van der Waals surface area contributed by atoms with E-state index in [4.69, 9.17) is 5.26 Å². The molecule has 0 aliphatic carbocycles. The van der Waals surface area contributed by atoms with Gasteiger partial charge in [-0.1, -0.05) is 22.6 Å². The van der Waals surface area contributed by atoms with E-state index in [1.54, 1.807) is 22.6 Å². The maximum absolute atomic E-state index is 13.9. The Balaban J connectivity index is 3.31. The van der Waals surface area contributed by atoms with E-state index in [0.717, 1.165) is 4.90 Å². The van der Waals surface area contributed by atoms with Gasteiger partial charge in [-0.15, -0.1) is 0 Å². The molecule has 0 bridgehead atoms. The van der Waals surface area contributed by atoms with Gasteiger partial charge in [0.05, 0.1) is 0 Å². The van der Waals surface area contributed by atoms with Crippen LogP contribution in [0.2, 0.25) is 0 Å². The molecule has 0 unspecified atom stereocenters. The maximum Gasteiger partial charge on any atom is 0.460 e. The Morgan fingerprint density at radius 2 is 1.14 bits per heavy atom. The molecular formula is C13H10F13IN2. The maximum atomic E-state index is 13.9. The Bertz CT molecular complexity index is 640. The quantitative estimate of drug-likeness (QED) is 0.174. The average molecular weight is 568 g/mol. The predicted molar refractivity (Wildman–Crippen MR) is 78.5 cm³/mol. The van der Waals surface area contributed by atoms with Crippen LogP contribution in [0.25, 0.3) is 0 Å². The molecule has 2 atom stereocenters. The number of hydrogen-bond donors (Lipinski definition) is 0. The Kier molecular flexibility index (Phi) is 6.91. The summed E-state index contributed by atoms with van der Waals surface area (Å²) in [6.45, 7) is -0.888. The fraction of sp³-hybridized carbons (Fsp3) is 0.923. The number of nitriles is 1. The summed E-state index contributed by atoms with van der Waals surface area (Å²) in [6.07, 6.45) is -8.18. The van der Waals surface area contributed by atoms with Gasteiger partial charge in [0.25, 0.3) is 0 Å². The zero-order valence-corrected chi connectivity index (χ0v) is 15.8. The molecule has 0 amide bonds. The summed E-state index contributed by atoms with van der Waals surface area (Å²) in [7, 11) is 0. The van der Waals surface area contributed by atoms with Crippen LogP contribution in [0.5, 0.6) is 0 Å². The molecule has 29 heavy (non-hydrogen) atoms. The van der Waals surface area contributed by atoms with Gasteiger partial charge in [0.15, 0.2) is 6.19 Å². The number of nitrogens with zero attached hydrogens (tertiary/aromatic N) is 2. The van der Waals surface area contributed by atoms with E-state index < -0.39 is 60.6 Å². The third-order valence-corrected chi connectivity index (χ3v) is 5.56. The van der Waals surface area contributed by atoms with Crippen molar-refractivity contribution in [3.8, 4) is 6.19 Å². The molecule has 0 aromatic rings. The molecule has 0 N–H and O–H groups in total. The summed E-state index contributed by atoms with van der Waals surface area (Å²) in [5.41, 5.74) is 0. The van der Waals surface area contributed by atoms with Gasteiger partial charge < -0.3 is 4.90 Å². The van der Waals surface area contributed by atoms with Crippen molar-refractivity contribution in [1.82, 2.24) is 4.90 Å². The van der Waals surface area contributed by atoms with Gasteiger partial charge in [0.1, 0.15) is 0 Å². The fourth-order valence-corrected chi connectivity index (χ4v) is 3.68. The first-order chi connectivity index (χ1) is 12.7. The van der Waals surface area contributed by atoms with Crippen LogP contribution in [0, 0.1) is 23.3 Å². The molecule has 0 saturated carbocycles. The first kappa shape index (κ1) is 26.1. The van der Waals surface area contributed by atoms with Crippen LogP contribution in [0.4, 0.5) is 57.1 Å².